The minimum atomic E-state index is -0.449. The average molecular weight is 296 g/mol. The minimum Gasteiger partial charge on any atom is -0.366 e. The van der Waals surface area contributed by atoms with Crippen molar-refractivity contribution in [2.45, 2.75) is 0 Å². The van der Waals surface area contributed by atoms with Gasteiger partial charge in [-0.05, 0) is 30.3 Å². The van der Waals surface area contributed by atoms with Crippen LogP contribution in [-0.2, 0) is 0 Å². The summed E-state index contributed by atoms with van der Waals surface area (Å²) in [7, 11) is 0. The smallest absolute Gasteiger partial charge is 0.248 e. The summed E-state index contributed by atoms with van der Waals surface area (Å²) in [6.45, 7) is 0. The molecular weight excluding hydrogens is 284 g/mol. The average Bonchev–Trinajstić information content (AvgIpc) is 2.97. The third-order valence-corrected chi connectivity index (χ3v) is 3.64. The molecule has 0 fully saturated rings. The van der Waals surface area contributed by atoms with Crippen molar-refractivity contribution in [3.63, 3.8) is 0 Å². The number of thiazole rings is 1. The first-order valence-corrected chi connectivity index (χ1v) is 7.13. The molecule has 104 valence electrons. The number of pyridine rings is 1. The van der Waals surface area contributed by atoms with E-state index in [1.54, 1.807) is 30.6 Å². The Kier molecular flexibility index (Phi) is 3.61. The fourth-order valence-electron chi connectivity index (χ4n) is 1.86. The van der Waals surface area contributed by atoms with Gasteiger partial charge in [0.25, 0.3) is 0 Å². The zero-order valence-electron chi connectivity index (χ0n) is 11.0. The van der Waals surface area contributed by atoms with Crippen molar-refractivity contribution in [3.05, 3.63) is 59.7 Å². The number of rotatable bonds is 4. The quantitative estimate of drug-likeness (QED) is 0.775. The van der Waals surface area contributed by atoms with Crippen LogP contribution >= 0.6 is 11.3 Å². The molecule has 0 aliphatic heterocycles. The second kappa shape index (κ2) is 5.72. The molecule has 3 aromatic rings. The second-order valence-electron chi connectivity index (χ2n) is 4.34. The SMILES string of the molecule is NC(=O)c1cccc(Nc2nc(-c3ccncc3)cs2)c1. The summed E-state index contributed by atoms with van der Waals surface area (Å²) in [4.78, 5) is 19.7. The number of anilines is 2. The molecule has 0 unspecified atom stereocenters. The molecule has 2 aromatic heterocycles. The van der Waals surface area contributed by atoms with Gasteiger partial charge in [-0.25, -0.2) is 4.98 Å². The van der Waals surface area contributed by atoms with E-state index in [4.69, 9.17) is 5.73 Å². The van der Waals surface area contributed by atoms with E-state index in [2.05, 4.69) is 15.3 Å². The number of amides is 1. The second-order valence-corrected chi connectivity index (χ2v) is 5.20. The van der Waals surface area contributed by atoms with Crippen LogP contribution in [0.5, 0.6) is 0 Å². The summed E-state index contributed by atoms with van der Waals surface area (Å²) in [5.74, 6) is -0.449. The van der Waals surface area contributed by atoms with Crippen LogP contribution in [0.15, 0.2) is 54.2 Å². The van der Waals surface area contributed by atoms with Gasteiger partial charge in [-0.15, -0.1) is 11.3 Å². The van der Waals surface area contributed by atoms with Crippen molar-refractivity contribution < 1.29 is 4.79 Å². The van der Waals surface area contributed by atoms with Crippen LogP contribution in [0.2, 0.25) is 0 Å². The molecule has 2 heterocycles. The van der Waals surface area contributed by atoms with Crippen molar-refractivity contribution in [2.24, 2.45) is 5.73 Å². The summed E-state index contributed by atoms with van der Waals surface area (Å²) in [6, 6.07) is 10.8. The van der Waals surface area contributed by atoms with Crippen molar-refractivity contribution in [1.29, 1.82) is 0 Å². The number of carbonyl (C=O) groups excluding carboxylic acids is 1. The van der Waals surface area contributed by atoms with Gasteiger partial charge in [-0.2, -0.15) is 0 Å². The van der Waals surface area contributed by atoms with Crippen LogP contribution in [0.25, 0.3) is 11.3 Å². The lowest BCUT2D eigenvalue weighted by molar-refractivity contribution is 0.100. The Bertz CT molecular complexity index is 770. The molecule has 3 rings (SSSR count). The number of hydrogen-bond acceptors (Lipinski definition) is 5. The highest BCUT2D eigenvalue weighted by Crippen LogP contribution is 2.26. The summed E-state index contributed by atoms with van der Waals surface area (Å²) >= 11 is 1.49. The summed E-state index contributed by atoms with van der Waals surface area (Å²) in [5, 5.41) is 5.89. The first-order chi connectivity index (χ1) is 10.2. The predicted molar refractivity (Wildman–Crippen MR) is 83.6 cm³/mol. The van der Waals surface area contributed by atoms with E-state index in [-0.39, 0.29) is 0 Å². The molecule has 6 heteroatoms. The highest BCUT2D eigenvalue weighted by molar-refractivity contribution is 7.14. The zero-order valence-corrected chi connectivity index (χ0v) is 11.8. The molecule has 0 saturated heterocycles. The van der Waals surface area contributed by atoms with Crippen molar-refractivity contribution in [3.8, 4) is 11.3 Å². The normalized spacial score (nSPS) is 10.3. The lowest BCUT2D eigenvalue weighted by Crippen LogP contribution is -2.10. The number of hydrogen-bond donors (Lipinski definition) is 2. The maximum absolute atomic E-state index is 11.2. The van der Waals surface area contributed by atoms with Gasteiger partial charge < -0.3 is 11.1 Å². The van der Waals surface area contributed by atoms with Gasteiger partial charge in [0.1, 0.15) is 0 Å². The highest BCUT2D eigenvalue weighted by Gasteiger charge is 2.06. The highest BCUT2D eigenvalue weighted by atomic mass is 32.1. The molecule has 5 nitrogen and oxygen atoms in total. The first-order valence-electron chi connectivity index (χ1n) is 6.25. The maximum Gasteiger partial charge on any atom is 0.248 e. The number of nitrogens with one attached hydrogen (secondary N) is 1. The molecule has 3 N–H and O–H groups in total. The molecule has 0 atom stereocenters. The number of benzene rings is 1. The van der Waals surface area contributed by atoms with Crippen LogP contribution in [0, 0.1) is 0 Å². The third-order valence-electron chi connectivity index (χ3n) is 2.88. The van der Waals surface area contributed by atoms with E-state index in [0.29, 0.717) is 5.56 Å². The van der Waals surface area contributed by atoms with Crippen LogP contribution < -0.4 is 11.1 Å². The number of nitrogens with two attached hydrogens (primary N) is 1. The third kappa shape index (κ3) is 3.06. The summed E-state index contributed by atoms with van der Waals surface area (Å²) in [5.41, 5.74) is 8.41. The van der Waals surface area contributed by atoms with Crippen LogP contribution in [0.3, 0.4) is 0 Å². The Morgan fingerprint density at radius 1 is 1.19 bits per heavy atom. The Hall–Kier alpha value is -2.73. The van der Waals surface area contributed by atoms with Gasteiger partial charge in [0.05, 0.1) is 5.69 Å². The van der Waals surface area contributed by atoms with E-state index in [1.807, 2.05) is 23.6 Å². The minimum absolute atomic E-state index is 0.449. The van der Waals surface area contributed by atoms with Crippen molar-refractivity contribution in [1.82, 2.24) is 9.97 Å². The van der Waals surface area contributed by atoms with Gasteiger partial charge in [0, 0.05) is 34.6 Å². The fourth-order valence-corrected chi connectivity index (χ4v) is 2.60. The first kappa shape index (κ1) is 13.3. The number of carbonyl (C=O) groups is 1. The number of primary amides is 1. The van der Waals surface area contributed by atoms with Crippen LogP contribution in [-0.4, -0.2) is 15.9 Å². The molecule has 0 saturated carbocycles. The Morgan fingerprint density at radius 2 is 2.00 bits per heavy atom. The van der Waals surface area contributed by atoms with Crippen LogP contribution in [0.1, 0.15) is 10.4 Å². The van der Waals surface area contributed by atoms with E-state index >= 15 is 0 Å². The molecule has 1 aromatic carbocycles. The van der Waals surface area contributed by atoms with Crippen molar-refractivity contribution >= 4 is 28.1 Å². The summed E-state index contributed by atoms with van der Waals surface area (Å²) in [6.07, 6.45) is 3.47. The molecule has 1 amide bonds. The lowest BCUT2D eigenvalue weighted by Gasteiger charge is -2.03. The topological polar surface area (TPSA) is 80.9 Å². The zero-order chi connectivity index (χ0) is 14.7. The van der Waals surface area contributed by atoms with Gasteiger partial charge >= 0.3 is 0 Å². The number of nitrogens with zero attached hydrogens (tertiary/aromatic N) is 2. The van der Waals surface area contributed by atoms with Crippen molar-refractivity contribution in [2.75, 3.05) is 5.32 Å². The van der Waals surface area contributed by atoms with Gasteiger partial charge in [0.15, 0.2) is 5.13 Å². The Morgan fingerprint density at radius 3 is 2.76 bits per heavy atom. The fraction of sp³-hybridized carbons (Fsp3) is 0. The number of aromatic nitrogens is 2. The Balaban J connectivity index is 1.82. The van der Waals surface area contributed by atoms with Gasteiger partial charge in [-0.1, -0.05) is 6.07 Å². The van der Waals surface area contributed by atoms with E-state index in [9.17, 15) is 4.79 Å². The predicted octanol–water partition coefficient (Wildman–Crippen LogP) is 3.05. The molecule has 0 spiro atoms. The largest absolute Gasteiger partial charge is 0.366 e. The van der Waals surface area contributed by atoms with E-state index in [0.717, 1.165) is 22.1 Å². The van der Waals surface area contributed by atoms with Gasteiger partial charge in [-0.3, -0.25) is 9.78 Å². The maximum atomic E-state index is 11.2. The molecular formula is C15H12N4OS. The summed E-state index contributed by atoms with van der Waals surface area (Å²) < 4.78 is 0. The Labute approximate surface area is 125 Å². The standard InChI is InChI=1S/C15H12N4OS/c16-14(20)11-2-1-3-12(8-11)18-15-19-13(9-21-15)10-4-6-17-7-5-10/h1-9H,(H2,16,20)(H,18,19). The molecule has 0 aliphatic rings. The molecule has 0 radical (unpaired) electrons. The lowest BCUT2D eigenvalue weighted by atomic mass is 10.2. The molecule has 0 bridgehead atoms. The molecule has 0 aliphatic carbocycles. The van der Waals surface area contributed by atoms with E-state index in [1.165, 1.54) is 11.3 Å². The van der Waals surface area contributed by atoms with E-state index < -0.39 is 5.91 Å². The van der Waals surface area contributed by atoms with Crippen LogP contribution in [0.4, 0.5) is 10.8 Å². The monoisotopic (exact) mass is 296 g/mol. The van der Waals surface area contributed by atoms with Gasteiger partial charge in [0.2, 0.25) is 5.91 Å². The molecule has 21 heavy (non-hydrogen) atoms.